The van der Waals surface area contributed by atoms with Crippen LogP contribution in [0.2, 0.25) is 0 Å². The number of likely N-dealkylation sites (N-methyl/N-ethyl adjacent to an activating group) is 1. The first-order chi connectivity index (χ1) is 8.35. The van der Waals surface area contributed by atoms with Gasteiger partial charge in [0.15, 0.2) is 0 Å². The van der Waals surface area contributed by atoms with E-state index in [-0.39, 0.29) is 18.5 Å². The molecule has 0 radical (unpaired) electrons. The number of carboxylic acids is 1. The molecule has 5 nitrogen and oxygen atoms in total. The number of rotatable bonds is 5. The standard InChI is InChI=1S/C13H24N2O3/c1-5-13(12(17)18)7-6-8-15(13)9-11(16)14(4)10(2)3/h10H,5-9H2,1-4H3,(H,17,18). The van der Waals surface area contributed by atoms with Gasteiger partial charge >= 0.3 is 5.97 Å². The molecule has 0 spiro atoms. The van der Waals surface area contributed by atoms with Crippen LogP contribution in [0, 0.1) is 0 Å². The third-order valence-corrected chi connectivity index (χ3v) is 4.10. The predicted molar refractivity (Wildman–Crippen MR) is 69.4 cm³/mol. The van der Waals surface area contributed by atoms with Gasteiger partial charge in [-0.15, -0.1) is 0 Å². The molecule has 1 N–H and O–H groups in total. The Bertz CT molecular complexity index is 330. The first-order valence-electron chi connectivity index (χ1n) is 6.59. The van der Waals surface area contributed by atoms with E-state index in [4.69, 9.17) is 0 Å². The molecule has 0 aromatic carbocycles. The van der Waals surface area contributed by atoms with E-state index in [1.54, 1.807) is 11.9 Å². The van der Waals surface area contributed by atoms with Gasteiger partial charge in [-0.2, -0.15) is 0 Å². The summed E-state index contributed by atoms with van der Waals surface area (Å²) in [6.45, 7) is 6.67. The summed E-state index contributed by atoms with van der Waals surface area (Å²) in [5.74, 6) is -0.812. The highest BCUT2D eigenvalue weighted by Gasteiger charge is 2.46. The molecule has 1 aliphatic heterocycles. The zero-order valence-corrected chi connectivity index (χ0v) is 11.8. The molecule has 1 amide bonds. The quantitative estimate of drug-likeness (QED) is 0.802. The second-order valence-corrected chi connectivity index (χ2v) is 5.31. The maximum Gasteiger partial charge on any atom is 0.324 e. The molecule has 5 heteroatoms. The average molecular weight is 256 g/mol. The maximum atomic E-state index is 12.1. The summed E-state index contributed by atoms with van der Waals surface area (Å²) in [6.07, 6.45) is 2.03. The molecule has 1 unspecified atom stereocenters. The number of aliphatic carboxylic acids is 1. The van der Waals surface area contributed by atoms with Crippen molar-refractivity contribution in [3.63, 3.8) is 0 Å². The van der Waals surface area contributed by atoms with Crippen LogP contribution < -0.4 is 0 Å². The zero-order valence-electron chi connectivity index (χ0n) is 11.8. The maximum absolute atomic E-state index is 12.1. The lowest BCUT2D eigenvalue weighted by Crippen LogP contribution is -2.53. The fourth-order valence-corrected chi connectivity index (χ4v) is 2.52. The van der Waals surface area contributed by atoms with Crippen LogP contribution in [0.5, 0.6) is 0 Å². The highest BCUT2D eigenvalue weighted by molar-refractivity contribution is 5.82. The Kier molecular flexibility index (Phi) is 4.73. The van der Waals surface area contributed by atoms with Crippen LogP contribution in [0.4, 0.5) is 0 Å². The minimum absolute atomic E-state index is 0.00836. The molecular formula is C13H24N2O3. The van der Waals surface area contributed by atoms with Crippen molar-refractivity contribution in [1.82, 2.24) is 9.80 Å². The van der Waals surface area contributed by atoms with E-state index in [2.05, 4.69) is 0 Å². The molecule has 1 fully saturated rings. The molecule has 1 saturated heterocycles. The van der Waals surface area contributed by atoms with Crippen molar-refractivity contribution in [3.8, 4) is 0 Å². The minimum Gasteiger partial charge on any atom is -0.480 e. The number of amides is 1. The number of hydrogen-bond donors (Lipinski definition) is 1. The van der Waals surface area contributed by atoms with Crippen LogP contribution in [-0.4, -0.2) is 58.5 Å². The monoisotopic (exact) mass is 256 g/mol. The smallest absolute Gasteiger partial charge is 0.324 e. The molecule has 18 heavy (non-hydrogen) atoms. The van der Waals surface area contributed by atoms with Gasteiger partial charge in [0, 0.05) is 13.1 Å². The topological polar surface area (TPSA) is 60.9 Å². The van der Waals surface area contributed by atoms with Crippen molar-refractivity contribution in [2.24, 2.45) is 0 Å². The van der Waals surface area contributed by atoms with Crippen LogP contribution in [0.1, 0.15) is 40.0 Å². The van der Waals surface area contributed by atoms with Crippen molar-refractivity contribution >= 4 is 11.9 Å². The lowest BCUT2D eigenvalue weighted by atomic mass is 9.93. The molecule has 104 valence electrons. The van der Waals surface area contributed by atoms with Crippen LogP contribution in [0.25, 0.3) is 0 Å². The van der Waals surface area contributed by atoms with Gasteiger partial charge in [0.25, 0.3) is 0 Å². The summed E-state index contributed by atoms with van der Waals surface area (Å²) >= 11 is 0. The molecule has 0 aliphatic carbocycles. The van der Waals surface area contributed by atoms with Crippen molar-refractivity contribution in [2.75, 3.05) is 20.1 Å². The van der Waals surface area contributed by atoms with E-state index in [9.17, 15) is 14.7 Å². The summed E-state index contributed by atoms with van der Waals surface area (Å²) in [5.41, 5.74) is -0.840. The lowest BCUT2D eigenvalue weighted by Gasteiger charge is -2.34. The zero-order chi connectivity index (χ0) is 13.9. The van der Waals surface area contributed by atoms with Gasteiger partial charge in [-0.1, -0.05) is 6.92 Å². The van der Waals surface area contributed by atoms with Gasteiger partial charge < -0.3 is 10.0 Å². The first-order valence-corrected chi connectivity index (χ1v) is 6.59. The molecule has 1 rings (SSSR count). The number of hydrogen-bond acceptors (Lipinski definition) is 3. The number of likely N-dealkylation sites (tertiary alicyclic amines) is 1. The Balaban J connectivity index is 2.77. The van der Waals surface area contributed by atoms with Gasteiger partial charge in [0.05, 0.1) is 6.54 Å². The Hall–Kier alpha value is -1.10. The normalized spacial score (nSPS) is 24.5. The molecule has 1 heterocycles. The van der Waals surface area contributed by atoms with Crippen LogP contribution in [-0.2, 0) is 9.59 Å². The molecule has 0 saturated carbocycles. The highest BCUT2D eigenvalue weighted by Crippen LogP contribution is 2.32. The van der Waals surface area contributed by atoms with Gasteiger partial charge in [-0.3, -0.25) is 14.5 Å². The number of nitrogens with zero attached hydrogens (tertiary/aromatic N) is 2. The van der Waals surface area contributed by atoms with Crippen LogP contribution in [0.3, 0.4) is 0 Å². The predicted octanol–water partition coefficient (Wildman–Crippen LogP) is 1.18. The van der Waals surface area contributed by atoms with Crippen molar-refractivity contribution in [3.05, 3.63) is 0 Å². The Morgan fingerprint density at radius 1 is 1.44 bits per heavy atom. The average Bonchev–Trinajstić information content (AvgIpc) is 2.71. The van der Waals surface area contributed by atoms with Gasteiger partial charge in [-0.25, -0.2) is 0 Å². The van der Waals surface area contributed by atoms with Gasteiger partial charge in [-0.05, 0) is 39.7 Å². The second-order valence-electron chi connectivity index (χ2n) is 5.31. The largest absolute Gasteiger partial charge is 0.480 e. The summed E-state index contributed by atoms with van der Waals surface area (Å²) in [4.78, 5) is 27.0. The van der Waals surface area contributed by atoms with Gasteiger partial charge in [0.1, 0.15) is 5.54 Å². The minimum atomic E-state index is -0.840. The van der Waals surface area contributed by atoms with E-state index < -0.39 is 11.5 Å². The molecule has 1 atom stereocenters. The van der Waals surface area contributed by atoms with Crippen molar-refractivity contribution < 1.29 is 14.7 Å². The fourth-order valence-electron chi connectivity index (χ4n) is 2.52. The van der Waals surface area contributed by atoms with E-state index in [0.29, 0.717) is 19.4 Å². The highest BCUT2D eigenvalue weighted by atomic mass is 16.4. The third-order valence-electron chi connectivity index (χ3n) is 4.10. The molecule has 0 aromatic rings. The fraction of sp³-hybridized carbons (Fsp3) is 0.846. The third kappa shape index (κ3) is 2.66. The van der Waals surface area contributed by atoms with Gasteiger partial charge in [0.2, 0.25) is 5.91 Å². The second kappa shape index (κ2) is 5.69. The number of carbonyl (C=O) groups is 2. The van der Waals surface area contributed by atoms with E-state index in [1.165, 1.54) is 0 Å². The molecule has 0 bridgehead atoms. The number of carbonyl (C=O) groups excluding carboxylic acids is 1. The first kappa shape index (κ1) is 15.0. The molecular weight excluding hydrogens is 232 g/mol. The van der Waals surface area contributed by atoms with Crippen LogP contribution >= 0.6 is 0 Å². The summed E-state index contributed by atoms with van der Waals surface area (Å²) in [5, 5.41) is 9.43. The lowest BCUT2D eigenvalue weighted by molar-refractivity contribution is -0.151. The molecule has 0 aromatic heterocycles. The number of carboxylic acid groups (broad SMARTS) is 1. The van der Waals surface area contributed by atoms with Crippen molar-refractivity contribution in [2.45, 2.75) is 51.6 Å². The summed E-state index contributed by atoms with van der Waals surface area (Å²) in [6, 6.07) is 0.140. The van der Waals surface area contributed by atoms with Crippen molar-refractivity contribution in [1.29, 1.82) is 0 Å². The molecule has 1 aliphatic rings. The van der Waals surface area contributed by atoms with Crippen LogP contribution in [0.15, 0.2) is 0 Å². The summed E-state index contributed by atoms with van der Waals surface area (Å²) in [7, 11) is 1.76. The van der Waals surface area contributed by atoms with E-state index in [0.717, 1.165) is 6.42 Å². The Morgan fingerprint density at radius 3 is 2.50 bits per heavy atom. The van der Waals surface area contributed by atoms with E-state index in [1.807, 2.05) is 25.7 Å². The van der Waals surface area contributed by atoms with E-state index >= 15 is 0 Å². The summed E-state index contributed by atoms with van der Waals surface area (Å²) < 4.78 is 0. The SMILES string of the molecule is CCC1(C(=O)O)CCCN1CC(=O)N(C)C(C)C. The Morgan fingerprint density at radius 2 is 2.06 bits per heavy atom. The Labute approximate surface area is 109 Å².